The van der Waals surface area contributed by atoms with Gasteiger partial charge in [-0.15, -0.1) is 0 Å². The Balaban J connectivity index is 1.42. The highest BCUT2D eigenvalue weighted by atomic mass is 35.5. The van der Waals surface area contributed by atoms with E-state index >= 15 is 0 Å². The molecule has 1 amide bonds. The number of carbonyl (C=O) groups is 1. The first-order valence-electron chi connectivity index (χ1n) is 10.7. The first-order chi connectivity index (χ1) is 16.2. The minimum Gasteiger partial charge on any atom is -0.283 e. The van der Waals surface area contributed by atoms with Crippen molar-refractivity contribution < 1.29 is 4.79 Å². The van der Waals surface area contributed by atoms with Crippen molar-refractivity contribution in [3.63, 3.8) is 0 Å². The van der Waals surface area contributed by atoms with Crippen molar-refractivity contribution in [3.05, 3.63) is 119 Å². The van der Waals surface area contributed by atoms with Crippen LogP contribution in [0.5, 0.6) is 0 Å². The maximum Gasteiger partial charge on any atom is 0.233 e. The van der Waals surface area contributed by atoms with Crippen molar-refractivity contribution in [2.45, 2.75) is 13.0 Å². The van der Waals surface area contributed by atoms with E-state index in [0.717, 1.165) is 32.5 Å². The number of thiazole rings is 1. The van der Waals surface area contributed by atoms with E-state index in [0.29, 0.717) is 23.1 Å². The van der Waals surface area contributed by atoms with Gasteiger partial charge in [0.2, 0.25) is 5.91 Å². The van der Waals surface area contributed by atoms with Crippen molar-refractivity contribution >= 4 is 44.2 Å². The van der Waals surface area contributed by atoms with Crippen LogP contribution in [0.3, 0.4) is 0 Å². The molecule has 0 unspecified atom stereocenters. The molecule has 5 heteroatoms. The van der Waals surface area contributed by atoms with E-state index in [1.54, 1.807) is 4.90 Å². The van der Waals surface area contributed by atoms with Gasteiger partial charge >= 0.3 is 0 Å². The molecule has 0 radical (unpaired) electrons. The molecule has 33 heavy (non-hydrogen) atoms. The maximum absolute atomic E-state index is 13.5. The van der Waals surface area contributed by atoms with Crippen LogP contribution in [-0.4, -0.2) is 10.9 Å². The zero-order valence-electron chi connectivity index (χ0n) is 17.8. The number of nitrogens with zero attached hydrogens (tertiary/aromatic N) is 2. The molecular formula is C28H21ClN2OS. The minimum atomic E-state index is 0.0106. The van der Waals surface area contributed by atoms with Gasteiger partial charge in [0, 0.05) is 5.02 Å². The minimum absolute atomic E-state index is 0.0106. The van der Waals surface area contributed by atoms with E-state index in [-0.39, 0.29) is 5.91 Å². The number of rotatable bonds is 6. The molecule has 162 valence electrons. The van der Waals surface area contributed by atoms with Gasteiger partial charge in [0.05, 0.1) is 23.2 Å². The van der Waals surface area contributed by atoms with Gasteiger partial charge in [-0.2, -0.15) is 0 Å². The van der Waals surface area contributed by atoms with Crippen LogP contribution in [0, 0.1) is 0 Å². The molecule has 0 fully saturated rings. The molecule has 0 bridgehead atoms. The maximum atomic E-state index is 13.5. The lowest BCUT2D eigenvalue weighted by atomic mass is 10.0. The number of carbonyl (C=O) groups excluding carboxylic acids is 1. The number of halogens is 1. The Morgan fingerprint density at radius 3 is 2.18 bits per heavy atom. The zero-order valence-corrected chi connectivity index (χ0v) is 19.4. The summed E-state index contributed by atoms with van der Waals surface area (Å²) in [4.78, 5) is 20.0. The van der Waals surface area contributed by atoms with Crippen LogP contribution in [-0.2, 0) is 17.8 Å². The molecule has 5 aromatic rings. The second-order valence-corrected chi connectivity index (χ2v) is 9.26. The number of amides is 1. The highest BCUT2D eigenvalue weighted by Crippen LogP contribution is 2.32. The van der Waals surface area contributed by atoms with Crippen LogP contribution in [0.1, 0.15) is 11.1 Å². The fourth-order valence-corrected chi connectivity index (χ4v) is 5.00. The Morgan fingerprint density at radius 1 is 0.788 bits per heavy atom. The monoisotopic (exact) mass is 468 g/mol. The fourth-order valence-electron chi connectivity index (χ4n) is 3.75. The summed E-state index contributed by atoms with van der Waals surface area (Å²) in [6, 6.07) is 34.0. The van der Waals surface area contributed by atoms with E-state index in [1.807, 2.05) is 78.9 Å². The number of aromatic nitrogens is 1. The number of hydrogen-bond donors (Lipinski definition) is 0. The van der Waals surface area contributed by atoms with Gasteiger partial charge in [0.25, 0.3) is 0 Å². The Morgan fingerprint density at radius 2 is 1.45 bits per heavy atom. The summed E-state index contributed by atoms with van der Waals surface area (Å²) in [6.07, 6.45) is 0.304. The fraction of sp³-hybridized carbons (Fsp3) is 0.0714. The first kappa shape index (κ1) is 21.4. The van der Waals surface area contributed by atoms with Gasteiger partial charge in [-0.3, -0.25) is 9.69 Å². The molecule has 0 aliphatic rings. The average Bonchev–Trinajstić information content (AvgIpc) is 3.27. The second-order valence-electron chi connectivity index (χ2n) is 7.81. The molecule has 5 rings (SSSR count). The van der Waals surface area contributed by atoms with Crippen molar-refractivity contribution in [2.75, 3.05) is 4.90 Å². The number of anilines is 1. The molecule has 0 aliphatic heterocycles. The van der Waals surface area contributed by atoms with E-state index in [9.17, 15) is 4.79 Å². The van der Waals surface area contributed by atoms with Gasteiger partial charge < -0.3 is 0 Å². The van der Waals surface area contributed by atoms with Crippen molar-refractivity contribution in [1.82, 2.24) is 4.98 Å². The van der Waals surface area contributed by atoms with E-state index < -0.39 is 0 Å². The normalized spacial score (nSPS) is 10.9. The van der Waals surface area contributed by atoms with Crippen molar-refractivity contribution in [2.24, 2.45) is 0 Å². The molecule has 1 heterocycles. The third-order valence-corrected chi connectivity index (χ3v) is 6.75. The topological polar surface area (TPSA) is 33.2 Å². The molecule has 3 nitrogen and oxygen atoms in total. The molecule has 0 N–H and O–H groups in total. The quantitative estimate of drug-likeness (QED) is 0.260. The summed E-state index contributed by atoms with van der Waals surface area (Å²) in [5, 5.41) is 1.35. The second kappa shape index (κ2) is 9.57. The van der Waals surface area contributed by atoms with Crippen molar-refractivity contribution in [1.29, 1.82) is 0 Å². The van der Waals surface area contributed by atoms with Crippen LogP contribution >= 0.6 is 22.9 Å². The molecule has 4 aromatic carbocycles. The Kier molecular flexibility index (Phi) is 6.20. The number of hydrogen-bond acceptors (Lipinski definition) is 3. The predicted octanol–water partition coefficient (Wildman–Crippen LogP) is 7.39. The number of benzene rings is 4. The van der Waals surface area contributed by atoms with Crippen LogP contribution in [0.15, 0.2) is 103 Å². The lowest BCUT2D eigenvalue weighted by Gasteiger charge is -2.20. The van der Waals surface area contributed by atoms with Gasteiger partial charge in [-0.25, -0.2) is 4.98 Å². The predicted molar refractivity (Wildman–Crippen MR) is 138 cm³/mol. The lowest BCUT2D eigenvalue weighted by molar-refractivity contribution is -0.118. The highest BCUT2D eigenvalue weighted by molar-refractivity contribution is 7.22. The van der Waals surface area contributed by atoms with Crippen molar-refractivity contribution in [3.8, 4) is 11.1 Å². The van der Waals surface area contributed by atoms with Crippen LogP contribution < -0.4 is 4.90 Å². The molecule has 0 saturated heterocycles. The molecule has 1 aromatic heterocycles. The summed E-state index contributed by atoms with van der Waals surface area (Å²) in [7, 11) is 0. The lowest BCUT2D eigenvalue weighted by Crippen LogP contribution is -2.31. The van der Waals surface area contributed by atoms with E-state index in [2.05, 4.69) is 24.3 Å². The zero-order chi connectivity index (χ0) is 22.6. The standard InChI is InChI=1S/C28H21ClN2OS/c29-24-15-16-25-26(18-24)33-28(30-25)31(19-21-7-3-1-4-8-21)27(32)17-20-11-13-23(14-12-20)22-9-5-2-6-10-22/h1-16,18H,17,19H2. The molecule has 0 aliphatic carbocycles. The summed E-state index contributed by atoms with van der Waals surface area (Å²) in [6.45, 7) is 0.468. The Bertz CT molecular complexity index is 1380. The SMILES string of the molecule is O=C(Cc1ccc(-c2ccccc2)cc1)N(Cc1ccccc1)c1nc2ccc(Cl)cc2s1. The summed E-state index contributed by atoms with van der Waals surface area (Å²) in [5.41, 5.74) is 5.17. The van der Waals surface area contributed by atoms with Gasteiger partial charge in [0.1, 0.15) is 0 Å². The molecule has 0 atom stereocenters. The van der Waals surface area contributed by atoms with Crippen LogP contribution in [0.4, 0.5) is 5.13 Å². The number of fused-ring (bicyclic) bond motifs is 1. The smallest absolute Gasteiger partial charge is 0.233 e. The Hall–Kier alpha value is -3.47. The molecule has 0 spiro atoms. The summed E-state index contributed by atoms with van der Waals surface area (Å²) >= 11 is 7.65. The Labute approximate surface area is 201 Å². The third kappa shape index (κ3) is 4.98. The molecular weight excluding hydrogens is 448 g/mol. The van der Waals surface area contributed by atoms with Gasteiger partial charge in [0.15, 0.2) is 5.13 Å². The van der Waals surface area contributed by atoms with Gasteiger partial charge in [-0.1, -0.05) is 108 Å². The van der Waals surface area contributed by atoms with Crippen LogP contribution in [0.25, 0.3) is 21.3 Å². The summed E-state index contributed by atoms with van der Waals surface area (Å²) in [5.74, 6) is 0.0106. The largest absolute Gasteiger partial charge is 0.283 e. The first-order valence-corrected chi connectivity index (χ1v) is 11.9. The average molecular weight is 469 g/mol. The van der Waals surface area contributed by atoms with E-state index in [4.69, 9.17) is 16.6 Å². The molecule has 0 saturated carbocycles. The van der Waals surface area contributed by atoms with E-state index in [1.165, 1.54) is 11.3 Å². The highest BCUT2D eigenvalue weighted by Gasteiger charge is 2.21. The van der Waals surface area contributed by atoms with Gasteiger partial charge in [-0.05, 0) is 40.5 Å². The van der Waals surface area contributed by atoms with Crippen LogP contribution in [0.2, 0.25) is 5.02 Å². The summed E-state index contributed by atoms with van der Waals surface area (Å²) < 4.78 is 0.968. The third-order valence-electron chi connectivity index (χ3n) is 5.47.